The third kappa shape index (κ3) is 4.77. The van der Waals surface area contributed by atoms with Crippen LogP contribution in [-0.4, -0.2) is 77.7 Å². The number of phenols is 1. The Labute approximate surface area is 183 Å². The zero-order chi connectivity index (χ0) is 22.5. The summed E-state index contributed by atoms with van der Waals surface area (Å²) in [5.74, 6) is 1.05. The molecule has 0 bridgehead atoms. The Hall–Kier alpha value is -3.74. The molecule has 4 rings (SSSR count). The number of nitrogens with zero attached hydrogens (tertiary/aromatic N) is 7. The van der Waals surface area contributed by atoms with Gasteiger partial charge in [-0.1, -0.05) is 0 Å². The standard InChI is InChI=1S/C19H24N8O5/c1-31-15-11-14(27(29)30)10-13(16(15)28)12-20-24-17-21-18(25-4-2-3-5-25)23-19(22-17)26-6-8-32-9-7-26/h10-12,28H,2-9H2,1H3,(H,21,22,23,24). The van der Waals surface area contributed by atoms with E-state index in [0.29, 0.717) is 38.2 Å². The van der Waals surface area contributed by atoms with Gasteiger partial charge in [0, 0.05) is 37.8 Å². The number of nitrogens with one attached hydrogen (secondary N) is 1. The van der Waals surface area contributed by atoms with Crippen molar-refractivity contribution in [3.05, 3.63) is 27.8 Å². The molecule has 3 heterocycles. The van der Waals surface area contributed by atoms with Crippen LogP contribution in [0.15, 0.2) is 17.2 Å². The maximum Gasteiger partial charge on any atom is 0.274 e. The lowest BCUT2D eigenvalue weighted by Crippen LogP contribution is -2.38. The van der Waals surface area contributed by atoms with Crippen molar-refractivity contribution < 1.29 is 19.5 Å². The first-order valence-electron chi connectivity index (χ1n) is 10.2. The van der Waals surface area contributed by atoms with Crippen molar-refractivity contribution in [1.82, 2.24) is 15.0 Å². The predicted molar refractivity (Wildman–Crippen MR) is 117 cm³/mol. The van der Waals surface area contributed by atoms with Gasteiger partial charge in [-0.15, -0.1) is 0 Å². The molecule has 2 fully saturated rings. The summed E-state index contributed by atoms with van der Waals surface area (Å²) in [6, 6.07) is 2.34. The molecule has 0 spiro atoms. The van der Waals surface area contributed by atoms with Crippen LogP contribution in [0, 0.1) is 10.1 Å². The molecule has 13 heteroatoms. The molecule has 2 aromatic rings. The summed E-state index contributed by atoms with van der Waals surface area (Å²) in [5, 5.41) is 25.5. The Morgan fingerprint density at radius 3 is 2.44 bits per heavy atom. The normalized spacial score (nSPS) is 16.5. The number of anilines is 3. The molecule has 13 nitrogen and oxygen atoms in total. The van der Waals surface area contributed by atoms with Crippen LogP contribution in [0.2, 0.25) is 0 Å². The summed E-state index contributed by atoms with van der Waals surface area (Å²) in [5.41, 5.74) is 2.64. The molecule has 2 N–H and O–H groups in total. The summed E-state index contributed by atoms with van der Waals surface area (Å²) in [7, 11) is 1.32. The van der Waals surface area contributed by atoms with Crippen LogP contribution in [0.5, 0.6) is 11.5 Å². The van der Waals surface area contributed by atoms with Gasteiger partial charge in [-0.3, -0.25) is 10.1 Å². The fraction of sp³-hybridized carbons (Fsp3) is 0.474. The van der Waals surface area contributed by atoms with Gasteiger partial charge in [0.25, 0.3) is 5.69 Å². The number of rotatable bonds is 7. The van der Waals surface area contributed by atoms with Gasteiger partial charge in [0.05, 0.1) is 37.5 Å². The summed E-state index contributed by atoms with van der Waals surface area (Å²) in [6.45, 7) is 4.29. The van der Waals surface area contributed by atoms with Crippen LogP contribution >= 0.6 is 0 Å². The number of non-ortho nitro benzene ring substituents is 1. The molecule has 0 atom stereocenters. The van der Waals surface area contributed by atoms with E-state index < -0.39 is 4.92 Å². The third-order valence-corrected chi connectivity index (χ3v) is 5.18. The predicted octanol–water partition coefficient (Wildman–Crippen LogP) is 1.38. The fourth-order valence-electron chi connectivity index (χ4n) is 3.50. The Kier molecular flexibility index (Phi) is 6.44. The molecule has 1 aromatic heterocycles. The zero-order valence-electron chi connectivity index (χ0n) is 17.6. The lowest BCUT2D eigenvalue weighted by Gasteiger charge is -2.27. The van der Waals surface area contributed by atoms with Gasteiger partial charge >= 0.3 is 0 Å². The van der Waals surface area contributed by atoms with Crippen molar-refractivity contribution in [2.24, 2.45) is 5.10 Å². The number of aromatic nitrogens is 3. The van der Waals surface area contributed by atoms with Gasteiger partial charge < -0.3 is 24.4 Å². The number of phenolic OH excluding ortho intramolecular Hbond substituents is 1. The summed E-state index contributed by atoms with van der Waals surface area (Å²) in [6.07, 6.45) is 3.40. The molecule has 32 heavy (non-hydrogen) atoms. The van der Waals surface area contributed by atoms with E-state index in [9.17, 15) is 15.2 Å². The highest BCUT2D eigenvalue weighted by molar-refractivity contribution is 5.86. The monoisotopic (exact) mass is 444 g/mol. The SMILES string of the molecule is COc1cc([N+](=O)[O-])cc(C=NNc2nc(N3CCCC3)nc(N3CCOCC3)n2)c1O. The van der Waals surface area contributed by atoms with Gasteiger partial charge in [0.1, 0.15) is 0 Å². The van der Waals surface area contributed by atoms with Crippen molar-refractivity contribution in [3.8, 4) is 11.5 Å². The second-order valence-electron chi connectivity index (χ2n) is 7.27. The first-order chi connectivity index (χ1) is 15.5. The van der Waals surface area contributed by atoms with Crippen molar-refractivity contribution >= 4 is 29.7 Å². The van der Waals surface area contributed by atoms with Crippen LogP contribution < -0.4 is 20.0 Å². The summed E-state index contributed by atoms with van der Waals surface area (Å²) in [4.78, 5) is 28.2. The number of ether oxygens (including phenoxy) is 2. The Morgan fingerprint density at radius 1 is 1.16 bits per heavy atom. The number of hydrogen-bond acceptors (Lipinski definition) is 12. The molecule has 0 unspecified atom stereocenters. The minimum Gasteiger partial charge on any atom is -0.504 e. The van der Waals surface area contributed by atoms with Gasteiger partial charge in [0.15, 0.2) is 11.5 Å². The first-order valence-corrected chi connectivity index (χ1v) is 10.2. The number of nitro groups is 1. The molecule has 2 aliphatic heterocycles. The van der Waals surface area contributed by atoms with Crippen molar-refractivity contribution in [2.75, 3.05) is 61.7 Å². The lowest BCUT2D eigenvalue weighted by atomic mass is 10.2. The van der Waals surface area contributed by atoms with Gasteiger partial charge in [-0.25, -0.2) is 5.43 Å². The average molecular weight is 444 g/mol. The van der Waals surface area contributed by atoms with Crippen molar-refractivity contribution in [2.45, 2.75) is 12.8 Å². The highest BCUT2D eigenvalue weighted by Crippen LogP contribution is 2.33. The minimum atomic E-state index is -0.574. The molecule has 0 aliphatic carbocycles. The largest absolute Gasteiger partial charge is 0.504 e. The van der Waals surface area contributed by atoms with Crippen molar-refractivity contribution in [1.29, 1.82) is 0 Å². The van der Waals surface area contributed by atoms with Crippen LogP contribution in [-0.2, 0) is 4.74 Å². The highest BCUT2D eigenvalue weighted by Gasteiger charge is 2.21. The topological polar surface area (TPSA) is 151 Å². The van der Waals surface area contributed by atoms with Crippen LogP contribution in [0.4, 0.5) is 23.5 Å². The van der Waals surface area contributed by atoms with E-state index in [1.807, 2.05) is 4.90 Å². The average Bonchev–Trinajstić information content (AvgIpc) is 3.35. The summed E-state index contributed by atoms with van der Waals surface area (Å²) >= 11 is 0. The molecular formula is C19H24N8O5. The number of hydrazone groups is 1. The second kappa shape index (κ2) is 9.60. The quantitative estimate of drug-likeness (QED) is 0.362. The molecule has 2 aliphatic rings. The Morgan fingerprint density at radius 2 is 1.81 bits per heavy atom. The number of hydrogen-bond donors (Lipinski definition) is 2. The lowest BCUT2D eigenvalue weighted by molar-refractivity contribution is -0.385. The van der Waals surface area contributed by atoms with Crippen LogP contribution in [0.1, 0.15) is 18.4 Å². The zero-order valence-corrected chi connectivity index (χ0v) is 17.6. The Bertz CT molecular complexity index is 1010. The number of methoxy groups -OCH3 is 1. The summed E-state index contributed by atoms with van der Waals surface area (Å²) < 4.78 is 10.4. The molecular weight excluding hydrogens is 420 g/mol. The van der Waals surface area contributed by atoms with E-state index >= 15 is 0 Å². The second-order valence-corrected chi connectivity index (χ2v) is 7.27. The highest BCUT2D eigenvalue weighted by atomic mass is 16.6. The first kappa shape index (κ1) is 21.5. The van der Waals surface area contributed by atoms with E-state index in [4.69, 9.17) is 9.47 Å². The van der Waals surface area contributed by atoms with E-state index in [-0.39, 0.29) is 28.7 Å². The maximum atomic E-state index is 11.1. The smallest absolute Gasteiger partial charge is 0.274 e. The molecule has 2 saturated heterocycles. The third-order valence-electron chi connectivity index (χ3n) is 5.18. The number of benzene rings is 1. The van der Waals surface area contributed by atoms with E-state index in [1.54, 1.807) is 0 Å². The van der Waals surface area contributed by atoms with E-state index in [2.05, 4.69) is 30.4 Å². The number of nitro benzene ring substituents is 1. The molecule has 170 valence electrons. The van der Waals surface area contributed by atoms with Gasteiger partial charge in [0.2, 0.25) is 17.8 Å². The van der Waals surface area contributed by atoms with E-state index in [1.165, 1.54) is 19.4 Å². The van der Waals surface area contributed by atoms with Gasteiger partial charge in [-0.2, -0.15) is 20.1 Å². The fourth-order valence-corrected chi connectivity index (χ4v) is 3.50. The molecule has 0 amide bonds. The van der Waals surface area contributed by atoms with Crippen LogP contribution in [0.25, 0.3) is 0 Å². The number of aromatic hydroxyl groups is 1. The maximum absolute atomic E-state index is 11.1. The molecule has 0 saturated carbocycles. The van der Waals surface area contributed by atoms with Crippen molar-refractivity contribution in [3.63, 3.8) is 0 Å². The van der Waals surface area contributed by atoms with Gasteiger partial charge in [-0.05, 0) is 12.8 Å². The number of morpholine rings is 1. The Balaban J connectivity index is 1.59. The van der Waals surface area contributed by atoms with E-state index in [0.717, 1.165) is 32.0 Å². The molecule has 1 aromatic carbocycles. The molecule has 0 radical (unpaired) electrons. The van der Waals surface area contributed by atoms with Crippen LogP contribution in [0.3, 0.4) is 0 Å². The minimum absolute atomic E-state index is 0.0215.